The third kappa shape index (κ3) is 4.95. The minimum atomic E-state index is -1.27. The molecule has 2 amide bonds. The normalized spacial score (nSPS) is 15.0. The SMILES string of the molecule is COc1cc(/C=C2/SC(=O)N(CC(=O)O)C2=O)cc(Cl)c1OCc1ccc(C)cc1. The van der Waals surface area contributed by atoms with Gasteiger partial charge in [-0.15, -0.1) is 0 Å². The lowest BCUT2D eigenvalue weighted by atomic mass is 10.1. The largest absolute Gasteiger partial charge is 0.493 e. The zero-order valence-electron chi connectivity index (χ0n) is 16.2. The molecule has 0 aliphatic carbocycles. The van der Waals surface area contributed by atoms with Crippen molar-refractivity contribution < 1.29 is 29.0 Å². The molecule has 3 rings (SSSR count). The summed E-state index contributed by atoms with van der Waals surface area (Å²) in [6.07, 6.45) is 1.46. The minimum Gasteiger partial charge on any atom is -0.493 e. The van der Waals surface area contributed by atoms with E-state index in [0.29, 0.717) is 40.3 Å². The Morgan fingerprint density at radius 3 is 2.57 bits per heavy atom. The Kier molecular flexibility index (Phi) is 6.69. The van der Waals surface area contributed by atoms with Crippen molar-refractivity contribution in [1.29, 1.82) is 0 Å². The Balaban J connectivity index is 1.82. The van der Waals surface area contributed by atoms with Crippen molar-refractivity contribution in [2.24, 2.45) is 0 Å². The Labute approximate surface area is 182 Å². The summed E-state index contributed by atoms with van der Waals surface area (Å²) in [4.78, 5) is 35.8. The van der Waals surface area contributed by atoms with E-state index in [1.54, 1.807) is 12.1 Å². The number of aryl methyl sites for hydroxylation is 1. The second-order valence-electron chi connectivity index (χ2n) is 6.47. The van der Waals surface area contributed by atoms with Crippen LogP contribution in [0.25, 0.3) is 6.08 Å². The molecule has 0 bridgehead atoms. The molecule has 1 fully saturated rings. The highest BCUT2D eigenvalue weighted by Gasteiger charge is 2.36. The first-order valence-electron chi connectivity index (χ1n) is 8.81. The third-order valence-corrected chi connectivity index (χ3v) is 5.41. The summed E-state index contributed by atoms with van der Waals surface area (Å²) in [6, 6.07) is 11.1. The number of rotatable bonds is 7. The number of aliphatic carboxylic acids is 1. The summed E-state index contributed by atoms with van der Waals surface area (Å²) in [5, 5.41) is 8.49. The molecule has 1 aliphatic heterocycles. The monoisotopic (exact) mass is 447 g/mol. The van der Waals surface area contributed by atoms with Crippen molar-refractivity contribution in [2.75, 3.05) is 13.7 Å². The van der Waals surface area contributed by atoms with Gasteiger partial charge in [-0.25, -0.2) is 0 Å². The maximum atomic E-state index is 12.3. The van der Waals surface area contributed by atoms with E-state index in [-0.39, 0.29) is 9.93 Å². The van der Waals surface area contributed by atoms with Crippen molar-refractivity contribution in [3.05, 3.63) is 63.0 Å². The number of carboxylic acids is 1. The molecular formula is C21H18ClNO6S. The number of ether oxygens (including phenoxy) is 2. The van der Waals surface area contributed by atoms with E-state index in [2.05, 4.69) is 0 Å². The molecule has 7 nitrogen and oxygen atoms in total. The van der Waals surface area contributed by atoms with Crippen LogP contribution in [0, 0.1) is 6.92 Å². The van der Waals surface area contributed by atoms with Crippen LogP contribution in [0.3, 0.4) is 0 Å². The molecule has 0 unspecified atom stereocenters. The number of nitrogens with zero attached hydrogens (tertiary/aromatic N) is 1. The lowest BCUT2D eigenvalue weighted by Crippen LogP contribution is -2.33. The summed E-state index contributed by atoms with van der Waals surface area (Å²) >= 11 is 7.04. The molecule has 2 aromatic rings. The van der Waals surface area contributed by atoms with E-state index in [9.17, 15) is 14.4 Å². The molecular weight excluding hydrogens is 430 g/mol. The van der Waals surface area contributed by atoms with Crippen LogP contribution in [0.4, 0.5) is 4.79 Å². The van der Waals surface area contributed by atoms with Crippen LogP contribution < -0.4 is 9.47 Å². The molecule has 30 heavy (non-hydrogen) atoms. The summed E-state index contributed by atoms with van der Waals surface area (Å²) in [7, 11) is 1.47. The average Bonchev–Trinajstić information content (AvgIpc) is 2.95. The molecule has 9 heteroatoms. The highest BCUT2D eigenvalue weighted by atomic mass is 35.5. The van der Waals surface area contributed by atoms with E-state index in [1.165, 1.54) is 13.2 Å². The maximum absolute atomic E-state index is 12.3. The number of hydrogen-bond donors (Lipinski definition) is 1. The molecule has 0 radical (unpaired) electrons. The van der Waals surface area contributed by atoms with Crippen LogP contribution in [0.1, 0.15) is 16.7 Å². The molecule has 0 aromatic heterocycles. The molecule has 1 N–H and O–H groups in total. The smallest absolute Gasteiger partial charge is 0.323 e. The fourth-order valence-electron chi connectivity index (χ4n) is 2.73. The van der Waals surface area contributed by atoms with Crippen LogP contribution in [0.15, 0.2) is 41.3 Å². The van der Waals surface area contributed by atoms with Gasteiger partial charge < -0.3 is 14.6 Å². The predicted molar refractivity (Wildman–Crippen MR) is 114 cm³/mol. The Morgan fingerprint density at radius 1 is 1.23 bits per heavy atom. The highest BCUT2D eigenvalue weighted by Crippen LogP contribution is 2.39. The Hall–Kier alpha value is -2.97. The number of halogens is 1. The number of hydrogen-bond acceptors (Lipinski definition) is 6. The Morgan fingerprint density at radius 2 is 1.93 bits per heavy atom. The first kappa shape index (κ1) is 21.7. The predicted octanol–water partition coefficient (Wildman–Crippen LogP) is 4.36. The van der Waals surface area contributed by atoms with Crippen LogP contribution in [0.2, 0.25) is 5.02 Å². The molecule has 0 saturated carbocycles. The van der Waals surface area contributed by atoms with Gasteiger partial charge in [-0.1, -0.05) is 41.4 Å². The first-order chi connectivity index (χ1) is 14.3. The van der Waals surface area contributed by atoms with Gasteiger partial charge in [0.1, 0.15) is 13.2 Å². The Bertz CT molecular complexity index is 1030. The number of amides is 2. The van der Waals surface area contributed by atoms with E-state index in [0.717, 1.165) is 11.1 Å². The van der Waals surface area contributed by atoms with Crippen molar-refractivity contribution in [2.45, 2.75) is 13.5 Å². The number of benzene rings is 2. The van der Waals surface area contributed by atoms with Gasteiger partial charge in [0.05, 0.1) is 17.0 Å². The van der Waals surface area contributed by atoms with Crippen molar-refractivity contribution in [1.82, 2.24) is 4.90 Å². The van der Waals surface area contributed by atoms with Crippen LogP contribution in [-0.2, 0) is 16.2 Å². The van der Waals surface area contributed by atoms with Crippen molar-refractivity contribution in [3.63, 3.8) is 0 Å². The highest BCUT2D eigenvalue weighted by molar-refractivity contribution is 8.18. The van der Waals surface area contributed by atoms with E-state index >= 15 is 0 Å². The van der Waals surface area contributed by atoms with Gasteiger partial charge >= 0.3 is 5.97 Å². The van der Waals surface area contributed by atoms with Crippen LogP contribution in [0.5, 0.6) is 11.5 Å². The molecule has 156 valence electrons. The van der Waals surface area contributed by atoms with E-state index in [1.807, 2.05) is 31.2 Å². The van der Waals surface area contributed by atoms with Crippen LogP contribution >= 0.6 is 23.4 Å². The lowest BCUT2D eigenvalue weighted by molar-refractivity contribution is -0.140. The van der Waals surface area contributed by atoms with Gasteiger partial charge in [-0.2, -0.15) is 0 Å². The standard InChI is InChI=1S/C21H18ClNO6S/c1-12-3-5-13(6-4-12)11-29-19-15(22)7-14(8-16(19)28-2)9-17-20(26)23(10-18(24)25)21(27)30-17/h3-9H,10-11H2,1-2H3,(H,24,25)/b17-9+. The topological polar surface area (TPSA) is 93.1 Å². The third-order valence-electron chi connectivity index (χ3n) is 4.22. The van der Waals surface area contributed by atoms with Gasteiger partial charge in [0.25, 0.3) is 11.1 Å². The second-order valence-corrected chi connectivity index (χ2v) is 7.87. The quantitative estimate of drug-likeness (QED) is 0.630. The second kappa shape index (κ2) is 9.23. The molecule has 0 atom stereocenters. The molecule has 0 spiro atoms. The molecule has 1 heterocycles. The summed E-state index contributed by atoms with van der Waals surface area (Å²) in [6.45, 7) is 1.61. The van der Waals surface area contributed by atoms with Gasteiger partial charge in [0.15, 0.2) is 11.5 Å². The van der Waals surface area contributed by atoms with Crippen LogP contribution in [-0.4, -0.2) is 40.8 Å². The number of thioether (sulfide) groups is 1. The first-order valence-corrected chi connectivity index (χ1v) is 10.0. The molecule has 2 aromatic carbocycles. The zero-order valence-corrected chi connectivity index (χ0v) is 17.7. The fourth-order valence-corrected chi connectivity index (χ4v) is 3.84. The summed E-state index contributed by atoms with van der Waals surface area (Å²) < 4.78 is 11.2. The van der Waals surface area contributed by atoms with E-state index < -0.39 is 23.7 Å². The number of carbonyl (C=O) groups is 3. The summed E-state index contributed by atoms with van der Waals surface area (Å²) in [5.41, 5.74) is 2.63. The number of carbonyl (C=O) groups excluding carboxylic acids is 2. The lowest BCUT2D eigenvalue weighted by Gasteiger charge is -2.14. The number of carboxylic acid groups (broad SMARTS) is 1. The number of imide groups is 1. The molecule has 1 aliphatic rings. The fraction of sp³-hybridized carbons (Fsp3) is 0.190. The maximum Gasteiger partial charge on any atom is 0.323 e. The summed E-state index contributed by atoms with van der Waals surface area (Å²) in [5.74, 6) is -1.21. The molecule has 1 saturated heterocycles. The van der Waals surface area contributed by atoms with Gasteiger partial charge in [-0.3, -0.25) is 19.3 Å². The number of methoxy groups -OCH3 is 1. The van der Waals surface area contributed by atoms with Crippen molar-refractivity contribution in [3.8, 4) is 11.5 Å². The van der Waals surface area contributed by atoms with Gasteiger partial charge in [-0.05, 0) is 48.0 Å². The minimum absolute atomic E-state index is 0.104. The average molecular weight is 448 g/mol. The van der Waals surface area contributed by atoms with Gasteiger partial charge in [0.2, 0.25) is 0 Å². The van der Waals surface area contributed by atoms with E-state index in [4.69, 9.17) is 26.2 Å². The zero-order chi connectivity index (χ0) is 21.8. The van der Waals surface area contributed by atoms with Crippen molar-refractivity contribution >= 4 is 46.6 Å². The van der Waals surface area contributed by atoms with Gasteiger partial charge in [0, 0.05) is 0 Å².